The van der Waals surface area contributed by atoms with E-state index in [1.54, 1.807) is 44.2 Å². The van der Waals surface area contributed by atoms with Crippen LogP contribution in [0.25, 0.3) is 0 Å². The molecule has 0 spiro atoms. The molecule has 1 unspecified atom stereocenters. The molecule has 3 rings (SSSR count). The molecule has 3 N–H and O–H groups in total. The van der Waals surface area contributed by atoms with Crippen molar-refractivity contribution in [1.82, 2.24) is 5.32 Å². The average molecular weight is 439 g/mol. The number of rotatable bonds is 4. The van der Waals surface area contributed by atoms with E-state index in [2.05, 4.69) is 22.0 Å². The van der Waals surface area contributed by atoms with Crippen molar-refractivity contribution in [1.29, 1.82) is 5.26 Å². The zero-order valence-corrected chi connectivity index (χ0v) is 18.8. The third-order valence-corrected chi connectivity index (χ3v) is 4.85. The number of ether oxygens (including phenoxy) is 2. The second kappa shape index (κ2) is 9.23. The van der Waals surface area contributed by atoms with Crippen molar-refractivity contribution in [3.05, 3.63) is 53.6 Å². The molecule has 162 valence electrons. The fourth-order valence-corrected chi connectivity index (χ4v) is 3.64. The van der Waals surface area contributed by atoms with Crippen molar-refractivity contribution >= 4 is 34.8 Å². The van der Waals surface area contributed by atoms with Crippen LogP contribution < -0.4 is 20.7 Å². The lowest BCUT2D eigenvalue weighted by Gasteiger charge is -2.38. The molecular formula is C23H26N4O3S. The largest absolute Gasteiger partial charge is 0.487 e. The summed E-state index contributed by atoms with van der Waals surface area (Å²) in [7, 11) is 0. The minimum atomic E-state index is -0.505. The molecule has 1 aliphatic heterocycles. The number of fused-ring (bicyclic) bond motifs is 1. The molecule has 0 radical (unpaired) electrons. The monoisotopic (exact) mass is 438 g/mol. The zero-order valence-electron chi connectivity index (χ0n) is 18.0. The molecule has 7 nitrogen and oxygen atoms in total. The van der Waals surface area contributed by atoms with Crippen molar-refractivity contribution in [2.24, 2.45) is 0 Å². The lowest BCUT2D eigenvalue weighted by Crippen LogP contribution is -2.42. The van der Waals surface area contributed by atoms with Crippen LogP contribution in [0.5, 0.6) is 5.75 Å². The average Bonchev–Trinajstić information content (AvgIpc) is 2.67. The van der Waals surface area contributed by atoms with Crippen molar-refractivity contribution in [2.45, 2.75) is 51.9 Å². The molecule has 0 bridgehead atoms. The van der Waals surface area contributed by atoms with Crippen LogP contribution in [-0.4, -0.2) is 22.9 Å². The van der Waals surface area contributed by atoms with Gasteiger partial charge >= 0.3 is 6.09 Å². The number of nitrogens with zero attached hydrogens (tertiary/aromatic N) is 1. The number of carbonyl (C=O) groups is 1. The molecule has 1 amide bonds. The highest BCUT2D eigenvalue weighted by Crippen LogP contribution is 2.40. The molecule has 0 saturated heterocycles. The van der Waals surface area contributed by atoms with E-state index in [4.69, 9.17) is 27.0 Å². The number of carbonyl (C=O) groups excluding carboxylic acids is 1. The predicted molar refractivity (Wildman–Crippen MR) is 124 cm³/mol. The maximum absolute atomic E-state index is 12.0. The summed E-state index contributed by atoms with van der Waals surface area (Å²) in [5, 5.41) is 18.6. The first-order chi connectivity index (χ1) is 14.6. The van der Waals surface area contributed by atoms with Gasteiger partial charge in [-0.2, -0.15) is 5.26 Å². The number of nitriles is 1. The lowest BCUT2D eigenvalue weighted by molar-refractivity contribution is 0.0697. The molecule has 1 aliphatic rings. The number of thiocarbonyl (C=S) groups is 1. The number of hydrogen-bond donors (Lipinski definition) is 3. The second-order valence-corrected chi connectivity index (χ2v) is 8.65. The summed E-state index contributed by atoms with van der Waals surface area (Å²) in [6.45, 7) is 7.63. The highest BCUT2D eigenvalue weighted by molar-refractivity contribution is 7.80. The Morgan fingerprint density at radius 2 is 1.87 bits per heavy atom. The van der Waals surface area contributed by atoms with Crippen LogP contribution >= 0.6 is 12.2 Å². The molecule has 2 aromatic carbocycles. The van der Waals surface area contributed by atoms with Gasteiger partial charge in [0.05, 0.1) is 23.8 Å². The third-order valence-electron chi connectivity index (χ3n) is 4.63. The SMILES string of the molecule is CC(C)OC(=O)Nc1ccc2c(c1)C(NC(=S)Nc1ccc(C#N)cc1)CC(C)(C)O2. The number of benzene rings is 2. The van der Waals surface area contributed by atoms with Gasteiger partial charge in [0.25, 0.3) is 0 Å². The Balaban J connectivity index is 1.76. The van der Waals surface area contributed by atoms with Crippen molar-refractivity contribution in [3.8, 4) is 11.8 Å². The van der Waals surface area contributed by atoms with Gasteiger partial charge in [0.15, 0.2) is 5.11 Å². The van der Waals surface area contributed by atoms with E-state index in [0.29, 0.717) is 22.8 Å². The Morgan fingerprint density at radius 1 is 1.19 bits per heavy atom. The van der Waals surface area contributed by atoms with Crippen LogP contribution in [0.4, 0.5) is 16.2 Å². The van der Waals surface area contributed by atoms with E-state index in [1.165, 1.54) is 0 Å². The van der Waals surface area contributed by atoms with E-state index in [1.807, 2.05) is 26.0 Å². The summed E-state index contributed by atoms with van der Waals surface area (Å²) < 4.78 is 11.3. The van der Waals surface area contributed by atoms with Gasteiger partial charge in [-0.1, -0.05) is 0 Å². The van der Waals surface area contributed by atoms with Crippen molar-refractivity contribution < 1.29 is 14.3 Å². The number of amides is 1. The highest BCUT2D eigenvalue weighted by atomic mass is 32.1. The molecule has 0 aliphatic carbocycles. The van der Waals surface area contributed by atoms with Crippen LogP contribution in [0.1, 0.15) is 51.3 Å². The quantitative estimate of drug-likeness (QED) is 0.571. The zero-order chi connectivity index (χ0) is 22.6. The highest BCUT2D eigenvalue weighted by Gasteiger charge is 2.34. The topological polar surface area (TPSA) is 95.4 Å². The van der Waals surface area contributed by atoms with Crippen molar-refractivity contribution in [3.63, 3.8) is 0 Å². The summed E-state index contributed by atoms with van der Waals surface area (Å²) in [4.78, 5) is 12.0. The second-order valence-electron chi connectivity index (χ2n) is 8.24. The summed E-state index contributed by atoms with van der Waals surface area (Å²) in [5.41, 5.74) is 2.49. The first-order valence-electron chi connectivity index (χ1n) is 10.0. The van der Waals surface area contributed by atoms with Crippen LogP contribution in [0.15, 0.2) is 42.5 Å². The Bertz CT molecular complexity index is 1010. The smallest absolute Gasteiger partial charge is 0.411 e. The van der Waals surface area contributed by atoms with E-state index in [0.717, 1.165) is 17.0 Å². The van der Waals surface area contributed by atoms with Crippen molar-refractivity contribution in [2.75, 3.05) is 10.6 Å². The van der Waals surface area contributed by atoms with Gasteiger partial charge in [-0.3, -0.25) is 5.32 Å². The Hall–Kier alpha value is -3.31. The predicted octanol–water partition coefficient (Wildman–Crippen LogP) is 5.10. The Kier molecular flexibility index (Phi) is 6.66. The van der Waals surface area contributed by atoms with E-state index in [9.17, 15) is 4.79 Å². The fraction of sp³-hybridized carbons (Fsp3) is 0.348. The minimum Gasteiger partial charge on any atom is -0.487 e. The van der Waals surface area contributed by atoms with Gasteiger partial charge < -0.3 is 20.1 Å². The van der Waals surface area contributed by atoms with E-state index in [-0.39, 0.29) is 17.7 Å². The van der Waals surface area contributed by atoms with Crippen LogP contribution in [0.2, 0.25) is 0 Å². The molecule has 0 fully saturated rings. The fourth-order valence-electron chi connectivity index (χ4n) is 3.38. The Morgan fingerprint density at radius 3 is 2.52 bits per heavy atom. The first-order valence-corrected chi connectivity index (χ1v) is 10.4. The number of nitrogens with one attached hydrogen (secondary N) is 3. The van der Waals surface area contributed by atoms with Gasteiger partial charge in [-0.25, -0.2) is 4.79 Å². The summed E-state index contributed by atoms with van der Waals surface area (Å²) in [6, 6.07) is 14.5. The molecule has 2 aromatic rings. The van der Waals surface area contributed by atoms with Gasteiger partial charge in [0.1, 0.15) is 11.4 Å². The summed E-state index contributed by atoms with van der Waals surface area (Å²) in [6.07, 6.45) is -0.0360. The maximum Gasteiger partial charge on any atom is 0.411 e. The van der Waals surface area contributed by atoms with Crippen LogP contribution in [-0.2, 0) is 4.74 Å². The first kappa shape index (κ1) is 22.4. The van der Waals surface area contributed by atoms with Gasteiger partial charge in [-0.15, -0.1) is 0 Å². The van der Waals surface area contributed by atoms with Gasteiger partial charge in [0.2, 0.25) is 0 Å². The molecule has 8 heteroatoms. The van der Waals surface area contributed by atoms with E-state index < -0.39 is 6.09 Å². The number of hydrogen-bond acceptors (Lipinski definition) is 5. The molecule has 1 heterocycles. The molecular weight excluding hydrogens is 412 g/mol. The van der Waals surface area contributed by atoms with E-state index >= 15 is 0 Å². The lowest BCUT2D eigenvalue weighted by atomic mass is 9.89. The Labute approximate surface area is 187 Å². The van der Waals surface area contributed by atoms with Gasteiger partial charge in [0, 0.05) is 23.4 Å². The van der Waals surface area contributed by atoms with Crippen LogP contribution in [0, 0.1) is 11.3 Å². The van der Waals surface area contributed by atoms with Gasteiger partial charge in [-0.05, 0) is 82.4 Å². The normalized spacial score (nSPS) is 16.3. The molecule has 31 heavy (non-hydrogen) atoms. The molecule has 1 atom stereocenters. The minimum absolute atomic E-state index is 0.125. The van der Waals surface area contributed by atoms with Crippen LogP contribution in [0.3, 0.4) is 0 Å². The summed E-state index contributed by atoms with van der Waals surface area (Å²) in [5.74, 6) is 0.734. The maximum atomic E-state index is 12.0. The molecule has 0 saturated carbocycles. The standard InChI is InChI=1S/C23H26N4O3S/c1-14(2)29-22(28)26-17-9-10-20-18(11-17)19(12-23(3,4)30-20)27-21(31)25-16-7-5-15(13-24)6-8-16/h5-11,14,19H,12H2,1-4H3,(H,26,28)(H2,25,27,31). The number of anilines is 2. The molecule has 0 aromatic heterocycles. The third kappa shape index (κ3) is 6.09. The summed E-state index contributed by atoms with van der Waals surface area (Å²) >= 11 is 5.51.